The highest BCUT2D eigenvalue weighted by atomic mass is 32.2. The number of nitrogens with zero attached hydrogens (tertiary/aromatic N) is 3. The Morgan fingerprint density at radius 2 is 2.08 bits per heavy atom. The van der Waals surface area contributed by atoms with Gasteiger partial charge in [-0.3, -0.25) is 19.7 Å². The van der Waals surface area contributed by atoms with Crippen LogP contribution in [0.15, 0.2) is 28.6 Å². The van der Waals surface area contributed by atoms with E-state index in [-0.39, 0.29) is 29.2 Å². The van der Waals surface area contributed by atoms with Gasteiger partial charge >= 0.3 is 0 Å². The van der Waals surface area contributed by atoms with Crippen molar-refractivity contribution in [1.29, 1.82) is 0 Å². The molecular weight excluding hydrogens is 366 g/mol. The Hall–Kier alpha value is -2.53. The molecule has 0 fully saturated rings. The van der Waals surface area contributed by atoms with E-state index in [1.54, 1.807) is 19.9 Å². The molecule has 1 aromatic carbocycles. The summed E-state index contributed by atoms with van der Waals surface area (Å²) in [4.78, 5) is 33.7. The number of nitro benzene ring substituents is 1. The third-order valence-electron chi connectivity index (χ3n) is 2.83. The van der Waals surface area contributed by atoms with Gasteiger partial charge in [-0.2, -0.15) is 0 Å². The Balaban J connectivity index is 1.86. The van der Waals surface area contributed by atoms with Gasteiger partial charge in [-0.15, -0.1) is 10.2 Å². The second-order valence-corrected chi connectivity index (χ2v) is 7.36. The smallest absolute Gasteiger partial charge is 0.271 e. The van der Waals surface area contributed by atoms with Crippen LogP contribution in [0.3, 0.4) is 0 Å². The van der Waals surface area contributed by atoms with Gasteiger partial charge in [0.2, 0.25) is 16.9 Å². The van der Waals surface area contributed by atoms with Crippen molar-refractivity contribution >= 4 is 51.4 Å². The number of anilines is 2. The SMILES string of the molecule is CC(C)C(=O)Nc1nnc(SCC(=O)Nc2cccc([N+](=O)[O-])c2)s1. The maximum atomic E-state index is 11.9. The van der Waals surface area contributed by atoms with Gasteiger partial charge in [0.25, 0.3) is 5.69 Å². The van der Waals surface area contributed by atoms with Gasteiger partial charge in [0.05, 0.1) is 10.7 Å². The summed E-state index contributed by atoms with van der Waals surface area (Å²) in [6, 6.07) is 5.70. The first-order valence-electron chi connectivity index (χ1n) is 7.16. The normalized spacial score (nSPS) is 10.5. The maximum absolute atomic E-state index is 11.9. The van der Waals surface area contributed by atoms with Crippen LogP contribution in [0, 0.1) is 16.0 Å². The number of non-ortho nitro benzene ring substituents is 1. The number of thioether (sulfide) groups is 1. The van der Waals surface area contributed by atoms with Crippen LogP contribution in [-0.2, 0) is 9.59 Å². The molecular formula is C14H15N5O4S2. The zero-order chi connectivity index (χ0) is 18.4. The van der Waals surface area contributed by atoms with Crippen LogP contribution in [0.4, 0.5) is 16.5 Å². The van der Waals surface area contributed by atoms with Crippen molar-refractivity contribution in [2.75, 3.05) is 16.4 Å². The third kappa shape index (κ3) is 5.80. The van der Waals surface area contributed by atoms with E-state index in [9.17, 15) is 19.7 Å². The summed E-state index contributed by atoms with van der Waals surface area (Å²) in [5.41, 5.74) is 0.252. The highest BCUT2D eigenvalue weighted by Crippen LogP contribution is 2.26. The average molecular weight is 381 g/mol. The van der Waals surface area contributed by atoms with Gasteiger partial charge in [0.15, 0.2) is 4.34 Å². The van der Waals surface area contributed by atoms with Crippen molar-refractivity contribution < 1.29 is 14.5 Å². The Bertz CT molecular complexity index is 793. The van der Waals surface area contributed by atoms with Crippen molar-refractivity contribution in [2.24, 2.45) is 5.92 Å². The van der Waals surface area contributed by atoms with E-state index in [0.717, 1.165) is 11.8 Å². The molecule has 0 saturated heterocycles. The molecule has 0 atom stereocenters. The largest absolute Gasteiger partial charge is 0.325 e. The van der Waals surface area contributed by atoms with Crippen molar-refractivity contribution in [3.63, 3.8) is 0 Å². The van der Waals surface area contributed by atoms with E-state index in [1.165, 1.54) is 29.5 Å². The number of carbonyl (C=O) groups is 2. The highest BCUT2D eigenvalue weighted by molar-refractivity contribution is 8.01. The van der Waals surface area contributed by atoms with Crippen molar-refractivity contribution in [1.82, 2.24) is 10.2 Å². The highest BCUT2D eigenvalue weighted by Gasteiger charge is 2.13. The summed E-state index contributed by atoms with van der Waals surface area (Å²) < 4.78 is 0.535. The fraction of sp³-hybridized carbons (Fsp3) is 0.286. The molecule has 2 N–H and O–H groups in total. The minimum atomic E-state index is -0.529. The van der Waals surface area contributed by atoms with Gasteiger partial charge < -0.3 is 10.6 Å². The molecule has 1 aromatic heterocycles. The summed E-state index contributed by atoms with van der Waals surface area (Å²) in [6.07, 6.45) is 0. The molecule has 0 radical (unpaired) electrons. The molecule has 2 aromatic rings. The van der Waals surface area contributed by atoms with Crippen LogP contribution >= 0.6 is 23.1 Å². The molecule has 0 spiro atoms. The van der Waals surface area contributed by atoms with Crippen LogP contribution in [0.25, 0.3) is 0 Å². The minimum Gasteiger partial charge on any atom is -0.325 e. The predicted molar refractivity (Wildman–Crippen MR) is 95.8 cm³/mol. The number of benzene rings is 1. The zero-order valence-electron chi connectivity index (χ0n) is 13.4. The summed E-state index contributed by atoms with van der Waals surface area (Å²) in [7, 11) is 0. The lowest BCUT2D eigenvalue weighted by Crippen LogP contribution is -2.17. The van der Waals surface area contributed by atoms with E-state index >= 15 is 0 Å². The van der Waals surface area contributed by atoms with Crippen LogP contribution in [0.5, 0.6) is 0 Å². The molecule has 0 aliphatic heterocycles. The molecule has 2 amide bonds. The van der Waals surface area contributed by atoms with E-state index in [0.29, 0.717) is 15.2 Å². The Kier molecular flexibility index (Phi) is 6.42. The summed E-state index contributed by atoms with van der Waals surface area (Å²) >= 11 is 2.34. The lowest BCUT2D eigenvalue weighted by Gasteiger charge is -2.03. The first kappa shape index (κ1) is 18.8. The lowest BCUT2D eigenvalue weighted by atomic mass is 10.2. The van der Waals surface area contributed by atoms with Crippen molar-refractivity contribution in [3.8, 4) is 0 Å². The number of carbonyl (C=O) groups excluding carboxylic acids is 2. The first-order chi connectivity index (χ1) is 11.8. The van der Waals surface area contributed by atoms with Gasteiger partial charge in [-0.05, 0) is 6.07 Å². The number of rotatable bonds is 7. The summed E-state index contributed by atoms with van der Waals surface area (Å²) in [5, 5.41) is 24.0. The average Bonchev–Trinajstić information content (AvgIpc) is 3.00. The minimum absolute atomic E-state index is 0.0649. The number of hydrogen-bond donors (Lipinski definition) is 2. The second kappa shape index (κ2) is 8.53. The molecule has 2 rings (SSSR count). The van der Waals surface area contributed by atoms with E-state index in [1.807, 2.05) is 0 Å². The number of hydrogen-bond acceptors (Lipinski definition) is 8. The Morgan fingerprint density at radius 3 is 2.76 bits per heavy atom. The monoisotopic (exact) mass is 381 g/mol. The third-order valence-corrected chi connectivity index (χ3v) is 4.80. The van der Waals surface area contributed by atoms with Gasteiger partial charge in [0, 0.05) is 23.7 Å². The number of aromatic nitrogens is 2. The molecule has 0 aliphatic rings. The summed E-state index contributed by atoms with van der Waals surface area (Å²) in [5.74, 6) is -0.583. The van der Waals surface area contributed by atoms with E-state index in [2.05, 4.69) is 20.8 Å². The standard InChI is InChI=1S/C14H15N5O4S2/c1-8(2)12(21)16-13-17-18-14(25-13)24-7-11(20)15-9-4-3-5-10(6-9)19(22)23/h3-6,8H,7H2,1-2H3,(H,15,20)(H,16,17,21). The fourth-order valence-electron chi connectivity index (χ4n) is 1.59. The predicted octanol–water partition coefficient (Wildman–Crippen LogP) is 2.77. The van der Waals surface area contributed by atoms with Gasteiger partial charge in [0.1, 0.15) is 0 Å². The Morgan fingerprint density at radius 1 is 1.32 bits per heavy atom. The van der Waals surface area contributed by atoms with Crippen LogP contribution in [0.1, 0.15) is 13.8 Å². The zero-order valence-corrected chi connectivity index (χ0v) is 15.0. The fourth-order valence-corrected chi connectivity index (χ4v) is 3.14. The molecule has 0 aliphatic carbocycles. The van der Waals surface area contributed by atoms with E-state index < -0.39 is 4.92 Å². The number of nitrogens with one attached hydrogen (secondary N) is 2. The van der Waals surface area contributed by atoms with Crippen molar-refractivity contribution in [3.05, 3.63) is 34.4 Å². The van der Waals surface area contributed by atoms with Crippen molar-refractivity contribution in [2.45, 2.75) is 18.2 Å². The number of amides is 2. The lowest BCUT2D eigenvalue weighted by molar-refractivity contribution is -0.384. The summed E-state index contributed by atoms with van der Waals surface area (Å²) in [6.45, 7) is 3.54. The molecule has 1 heterocycles. The van der Waals surface area contributed by atoms with Crippen LogP contribution in [-0.4, -0.2) is 32.7 Å². The molecule has 132 valence electrons. The van der Waals surface area contributed by atoms with Gasteiger partial charge in [-0.1, -0.05) is 43.0 Å². The number of nitro groups is 1. The molecule has 25 heavy (non-hydrogen) atoms. The molecule has 0 bridgehead atoms. The van der Waals surface area contributed by atoms with Gasteiger partial charge in [-0.25, -0.2) is 0 Å². The van der Waals surface area contributed by atoms with Crippen LogP contribution in [0.2, 0.25) is 0 Å². The molecule has 0 saturated carbocycles. The molecule has 0 unspecified atom stereocenters. The topological polar surface area (TPSA) is 127 Å². The quantitative estimate of drug-likeness (QED) is 0.327. The maximum Gasteiger partial charge on any atom is 0.271 e. The molecule has 11 heteroatoms. The first-order valence-corrected chi connectivity index (χ1v) is 8.97. The Labute approximate surface area is 151 Å². The van der Waals surface area contributed by atoms with Crippen LogP contribution < -0.4 is 10.6 Å². The van der Waals surface area contributed by atoms with E-state index in [4.69, 9.17) is 0 Å². The molecule has 9 nitrogen and oxygen atoms in total. The second-order valence-electron chi connectivity index (χ2n) is 5.16.